The molecule has 3 nitrogen and oxygen atoms in total. The van der Waals surface area contributed by atoms with E-state index < -0.39 is 0 Å². The number of nitrogen functional groups attached to an aromatic ring is 1. The topological polar surface area (TPSA) is 47.3 Å². The van der Waals surface area contributed by atoms with Crippen LogP contribution in [0.4, 0.5) is 11.4 Å². The lowest BCUT2D eigenvalue weighted by molar-refractivity contribution is 0.319. The lowest BCUT2D eigenvalue weighted by Gasteiger charge is -2.33. The largest absolute Gasteiger partial charge is 0.491 e. The Bertz CT molecular complexity index is 378. The zero-order valence-corrected chi connectivity index (χ0v) is 12.8. The van der Waals surface area contributed by atoms with Crippen LogP contribution in [-0.2, 0) is 0 Å². The second-order valence-electron chi connectivity index (χ2n) is 5.07. The molecule has 0 saturated carbocycles. The summed E-state index contributed by atoms with van der Waals surface area (Å²) in [6, 6.07) is 5.96. The molecule has 0 fully saturated rings. The molecule has 1 aromatic carbocycles. The van der Waals surface area contributed by atoms with E-state index in [2.05, 4.69) is 33.0 Å². The van der Waals surface area contributed by atoms with Crippen molar-refractivity contribution in [3.05, 3.63) is 18.2 Å². The molecule has 0 unspecified atom stereocenters. The maximum absolute atomic E-state index is 5.94. The molecule has 0 radical (unpaired) electrons. The molecule has 0 aliphatic rings. The van der Waals surface area contributed by atoms with Crippen molar-refractivity contribution >= 4 is 11.4 Å². The summed E-state index contributed by atoms with van der Waals surface area (Å²) < 4.78 is 5.68. The highest BCUT2D eigenvalue weighted by Gasteiger charge is 2.23. The van der Waals surface area contributed by atoms with E-state index in [9.17, 15) is 0 Å². The molecular formula is C16H28N2O. The Balaban J connectivity index is 2.89. The van der Waals surface area contributed by atoms with Gasteiger partial charge < -0.3 is 15.8 Å². The third-order valence-electron chi connectivity index (χ3n) is 3.92. The molecule has 0 bridgehead atoms. The van der Waals surface area contributed by atoms with Crippen LogP contribution in [0.25, 0.3) is 0 Å². The summed E-state index contributed by atoms with van der Waals surface area (Å²) in [5.41, 5.74) is 7.90. The summed E-state index contributed by atoms with van der Waals surface area (Å²) in [6.07, 6.45) is 4.31. The van der Waals surface area contributed by atoms with E-state index in [1.807, 2.05) is 18.2 Å². The zero-order valence-electron chi connectivity index (χ0n) is 12.8. The predicted octanol–water partition coefficient (Wildman–Crippen LogP) is 4.44. The molecule has 1 rings (SSSR count). The first-order valence-corrected chi connectivity index (χ1v) is 7.41. The fourth-order valence-corrected chi connectivity index (χ4v) is 2.27. The first-order valence-electron chi connectivity index (χ1n) is 7.41. The Hall–Kier alpha value is -1.38. The Morgan fingerprint density at radius 2 is 1.74 bits per heavy atom. The highest BCUT2D eigenvalue weighted by atomic mass is 16.5. The molecule has 0 aliphatic carbocycles. The van der Waals surface area contributed by atoms with Gasteiger partial charge in [0.25, 0.3) is 0 Å². The van der Waals surface area contributed by atoms with Crippen molar-refractivity contribution in [2.45, 2.75) is 58.9 Å². The fourth-order valence-electron chi connectivity index (χ4n) is 2.27. The van der Waals surface area contributed by atoms with Crippen LogP contribution in [0, 0.1) is 0 Å². The summed E-state index contributed by atoms with van der Waals surface area (Å²) in [4.78, 5) is 0. The molecule has 3 heteroatoms. The number of nitrogens with two attached hydrogens (primary N) is 1. The quantitative estimate of drug-likeness (QED) is 0.682. The standard InChI is InChI=1S/C16H28N2O/c1-5-11-19-15-12-13(9-10-14(15)17)18-16(6-2,7-3)8-4/h9-10,12,18H,5-8,11,17H2,1-4H3. The predicted molar refractivity (Wildman–Crippen MR) is 83.9 cm³/mol. The molecule has 0 spiro atoms. The second-order valence-corrected chi connectivity index (χ2v) is 5.07. The average molecular weight is 264 g/mol. The third kappa shape index (κ3) is 4.05. The van der Waals surface area contributed by atoms with Gasteiger partial charge >= 0.3 is 0 Å². The minimum atomic E-state index is 0.165. The molecule has 1 aromatic rings. The first kappa shape index (κ1) is 15.7. The minimum Gasteiger partial charge on any atom is -0.491 e. The number of hydrogen-bond acceptors (Lipinski definition) is 3. The lowest BCUT2D eigenvalue weighted by Crippen LogP contribution is -2.36. The minimum absolute atomic E-state index is 0.165. The van der Waals surface area contributed by atoms with Crippen LogP contribution in [0.5, 0.6) is 5.75 Å². The van der Waals surface area contributed by atoms with Crippen molar-refractivity contribution in [2.75, 3.05) is 17.7 Å². The van der Waals surface area contributed by atoms with E-state index in [-0.39, 0.29) is 5.54 Å². The van der Waals surface area contributed by atoms with E-state index in [0.717, 1.165) is 37.1 Å². The van der Waals surface area contributed by atoms with Gasteiger partial charge in [0.1, 0.15) is 5.75 Å². The van der Waals surface area contributed by atoms with Crippen LogP contribution in [-0.4, -0.2) is 12.1 Å². The highest BCUT2D eigenvalue weighted by molar-refractivity contribution is 5.62. The summed E-state index contributed by atoms with van der Waals surface area (Å²) in [7, 11) is 0. The molecule has 0 saturated heterocycles. The normalized spacial score (nSPS) is 11.4. The van der Waals surface area contributed by atoms with Gasteiger partial charge in [0.2, 0.25) is 0 Å². The molecule has 0 atom stereocenters. The average Bonchev–Trinajstić information content (AvgIpc) is 2.45. The van der Waals surface area contributed by atoms with Crippen molar-refractivity contribution in [2.24, 2.45) is 0 Å². The van der Waals surface area contributed by atoms with Gasteiger partial charge in [-0.05, 0) is 37.8 Å². The summed E-state index contributed by atoms with van der Waals surface area (Å²) >= 11 is 0. The number of benzene rings is 1. The van der Waals surface area contributed by atoms with Gasteiger partial charge in [0, 0.05) is 17.3 Å². The van der Waals surface area contributed by atoms with Gasteiger partial charge in [-0.15, -0.1) is 0 Å². The van der Waals surface area contributed by atoms with Gasteiger partial charge in [-0.2, -0.15) is 0 Å². The molecular weight excluding hydrogens is 236 g/mol. The van der Waals surface area contributed by atoms with E-state index in [0.29, 0.717) is 12.3 Å². The maximum atomic E-state index is 5.94. The number of nitrogens with one attached hydrogen (secondary N) is 1. The van der Waals surface area contributed by atoms with Crippen LogP contribution in [0.1, 0.15) is 53.4 Å². The molecule has 0 aliphatic heterocycles. The molecule has 0 heterocycles. The van der Waals surface area contributed by atoms with Gasteiger partial charge in [0.05, 0.1) is 12.3 Å². The number of ether oxygens (including phenoxy) is 1. The second kappa shape index (κ2) is 7.27. The van der Waals surface area contributed by atoms with Crippen LogP contribution >= 0.6 is 0 Å². The van der Waals surface area contributed by atoms with Gasteiger partial charge in [-0.3, -0.25) is 0 Å². The van der Waals surface area contributed by atoms with Crippen LogP contribution < -0.4 is 15.8 Å². The number of anilines is 2. The Morgan fingerprint density at radius 1 is 1.11 bits per heavy atom. The molecule has 0 aromatic heterocycles. The maximum Gasteiger partial charge on any atom is 0.144 e. The SMILES string of the molecule is CCCOc1cc(NC(CC)(CC)CC)ccc1N. The van der Waals surface area contributed by atoms with Crippen LogP contribution in [0.15, 0.2) is 18.2 Å². The van der Waals surface area contributed by atoms with E-state index in [1.54, 1.807) is 0 Å². The fraction of sp³-hybridized carbons (Fsp3) is 0.625. The van der Waals surface area contributed by atoms with Crippen LogP contribution in [0.2, 0.25) is 0 Å². The van der Waals surface area contributed by atoms with Gasteiger partial charge in [-0.25, -0.2) is 0 Å². The summed E-state index contributed by atoms with van der Waals surface area (Å²) in [5.74, 6) is 0.782. The van der Waals surface area contributed by atoms with Crippen LogP contribution in [0.3, 0.4) is 0 Å². The Morgan fingerprint density at radius 3 is 2.26 bits per heavy atom. The molecule has 3 N–H and O–H groups in total. The van der Waals surface area contributed by atoms with Gasteiger partial charge in [-0.1, -0.05) is 27.7 Å². The third-order valence-corrected chi connectivity index (χ3v) is 3.92. The van der Waals surface area contributed by atoms with Crippen molar-refractivity contribution < 1.29 is 4.74 Å². The van der Waals surface area contributed by atoms with Crippen molar-refractivity contribution in [3.63, 3.8) is 0 Å². The summed E-state index contributed by atoms with van der Waals surface area (Å²) in [5, 5.41) is 3.65. The molecule has 108 valence electrons. The van der Waals surface area contributed by atoms with E-state index in [4.69, 9.17) is 10.5 Å². The number of rotatable bonds is 8. The summed E-state index contributed by atoms with van der Waals surface area (Å²) in [6.45, 7) is 9.48. The molecule has 19 heavy (non-hydrogen) atoms. The highest BCUT2D eigenvalue weighted by Crippen LogP contribution is 2.30. The smallest absolute Gasteiger partial charge is 0.144 e. The first-order chi connectivity index (χ1) is 9.10. The number of hydrogen-bond donors (Lipinski definition) is 2. The molecule has 0 amide bonds. The lowest BCUT2D eigenvalue weighted by atomic mass is 9.89. The van der Waals surface area contributed by atoms with Crippen molar-refractivity contribution in [1.29, 1.82) is 0 Å². The Kier molecular flexibility index (Phi) is 6.00. The van der Waals surface area contributed by atoms with Crippen molar-refractivity contribution in [3.8, 4) is 5.75 Å². The van der Waals surface area contributed by atoms with E-state index >= 15 is 0 Å². The van der Waals surface area contributed by atoms with Gasteiger partial charge in [0.15, 0.2) is 0 Å². The van der Waals surface area contributed by atoms with Crippen molar-refractivity contribution in [1.82, 2.24) is 0 Å². The van der Waals surface area contributed by atoms with E-state index in [1.165, 1.54) is 0 Å². The zero-order chi connectivity index (χ0) is 14.3. The Labute approximate surface area is 117 Å². The monoisotopic (exact) mass is 264 g/mol.